The highest BCUT2D eigenvalue weighted by Crippen LogP contribution is 2.28. The number of amides is 1. The highest BCUT2D eigenvalue weighted by molar-refractivity contribution is 7.14. The Hall–Kier alpha value is -4.70. The number of anilines is 2. The summed E-state index contributed by atoms with van der Waals surface area (Å²) in [5, 5.41) is 20.0. The number of carbonyl (C=O) groups is 2. The second-order valence-electron chi connectivity index (χ2n) is 8.93. The number of benzene rings is 4. The molecule has 0 saturated carbocycles. The van der Waals surface area contributed by atoms with Gasteiger partial charge in [-0.3, -0.25) is 4.79 Å². The van der Waals surface area contributed by atoms with Crippen LogP contribution >= 0.6 is 34.5 Å². The summed E-state index contributed by atoms with van der Waals surface area (Å²) in [6.45, 7) is 0.228. The second-order valence-corrected chi connectivity index (χ2v) is 10.6. The van der Waals surface area contributed by atoms with Gasteiger partial charge in [0.1, 0.15) is 12.4 Å². The summed E-state index contributed by atoms with van der Waals surface area (Å²) in [5.74, 6) is -0.878. The lowest BCUT2D eigenvalue weighted by Crippen LogP contribution is -2.17. The van der Waals surface area contributed by atoms with Gasteiger partial charge in [0.25, 0.3) is 5.91 Å². The van der Waals surface area contributed by atoms with Crippen molar-refractivity contribution in [1.82, 2.24) is 10.4 Å². The molecule has 0 unspecified atom stereocenters. The first-order valence-corrected chi connectivity index (χ1v) is 14.1. The van der Waals surface area contributed by atoms with E-state index in [9.17, 15) is 9.59 Å². The van der Waals surface area contributed by atoms with Crippen molar-refractivity contribution in [3.05, 3.63) is 129 Å². The summed E-state index contributed by atoms with van der Waals surface area (Å²) in [7, 11) is 0. The van der Waals surface area contributed by atoms with Crippen LogP contribution in [0.2, 0.25) is 10.0 Å². The molecule has 42 heavy (non-hydrogen) atoms. The van der Waals surface area contributed by atoms with Crippen molar-refractivity contribution in [3.63, 3.8) is 0 Å². The maximum Gasteiger partial charge on any atom is 0.335 e. The van der Waals surface area contributed by atoms with E-state index in [1.807, 2.05) is 41.8 Å². The molecule has 3 N–H and O–H groups in total. The lowest BCUT2D eigenvalue weighted by molar-refractivity contribution is 0.0696. The SMILES string of the molecule is O=C(O)c1ccc(COc2ccc(/C=N\NC(=O)c3ccc(-c4csc(Nc5ccc(Cl)cc5)n4)cc3)cc2Cl)cc1. The predicted molar refractivity (Wildman–Crippen MR) is 167 cm³/mol. The minimum absolute atomic E-state index is 0.207. The first kappa shape index (κ1) is 28.8. The average Bonchev–Trinajstić information content (AvgIpc) is 3.46. The lowest BCUT2D eigenvalue weighted by Gasteiger charge is -2.09. The van der Waals surface area contributed by atoms with Crippen molar-refractivity contribution in [1.29, 1.82) is 0 Å². The van der Waals surface area contributed by atoms with Crippen molar-refractivity contribution in [2.45, 2.75) is 6.61 Å². The van der Waals surface area contributed by atoms with Crippen LogP contribution in [0.5, 0.6) is 5.75 Å². The fourth-order valence-electron chi connectivity index (χ4n) is 3.76. The van der Waals surface area contributed by atoms with E-state index in [2.05, 4.69) is 20.8 Å². The van der Waals surface area contributed by atoms with Gasteiger partial charge in [-0.25, -0.2) is 15.2 Å². The number of carboxylic acids is 1. The van der Waals surface area contributed by atoms with Crippen LogP contribution in [0.3, 0.4) is 0 Å². The number of hydrogen-bond donors (Lipinski definition) is 3. The van der Waals surface area contributed by atoms with E-state index in [0.717, 1.165) is 27.6 Å². The van der Waals surface area contributed by atoms with Gasteiger partial charge in [0, 0.05) is 27.2 Å². The molecule has 0 aliphatic heterocycles. The quantitative estimate of drug-likeness (QED) is 0.109. The summed E-state index contributed by atoms with van der Waals surface area (Å²) in [5.41, 5.74) is 7.21. The van der Waals surface area contributed by atoms with Gasteiger partial charge in [0.05, 0.1) is 22.5 Å². The van der Waals surface area contributed by atoms with E-state index in [-0.39, 0.29) is 18.1 Å². The van der Waals surface area contributed by atoms with Crippen molar-refractivity contribution in [2.75, 3.05) is 5.32 Å². The number of thiazole rings is 1. The molecule has 0 atom stereocenters. The topological polar surface area (TPSA) is 113 Å². The van der Waals surface area contributed by atoms with Crippen LogP contribution in [-0.4, -0.2) is 28.2 Å². The number of ether oxygens (including phenoxy) is 1. The number of nitrogens with zero attached hydrogens (tertiary/aromatic N) is 2. The first-order chi connectivity index (χ1) is 20.3. The minimum atomic E-state index is -0.984. The third-order valence-electron chi connectivity index (χ3n) is 5.97. The molecule has 5 aromatic rings. The van der Waals surface area contributed by atoms with Crippen molar-refractivity contribution in [3.8, 4) is 17.0 Å². The molecule has 0 fully saturated rings. The predicted octanol–water partition coefficient (Wildman–Crippen LogP) is 7.90. The Labute approximate surface area is 255 Å². The number of rotatable bonds is 10. The molecule has 0 saturated heterocycles. The molecule has 4 aromatic carbocycles. The zero-order valence-electron chi connectivity index (χ0n) is 21.8. The van der Waals surface area contributed by atoms with Crippen molar-refractivity contribution in [2.24, 2.45) is 5.10 Å². The van der Waals surface area contributed by atoms with Crippen LogP contribution in [0.15, 0.2) is 101 Å². The molecular weight excluding hydrogens is 595 g/mol. The second kappa shape index (κ2) is 13.3. The molecular formula is C31H22Cl2N4O4S. The zero-order valence-corrected chi connectivity index (χ0v) is 24.1. The molecule has 0 aliphatic carbocycles. The summed E-state index contributed by atoms with van der Waals surface area (Å²) < 4.78 is 5.75. The molecule has 210 valence electrons. The van der Waals surface area contributed by atoms with E-state index >= 15 is 0 Å². The molecule has 1 heterocycles. The van der Waals surface area contributed by atoms with Gasteiger partial charge in [-0.15, -0.1) is 11.3 Å². The third-order valence-corrected chi connectivity index (χ3v) is 7.28. The third kappa shape index (κ3) is 7.52. The molecule has 0 bridgehead atoms. The largest absolute Gasteiger partial charge is 0.487 e. The molecule has 11 heteroatoms. The molecule has 0 aliphatic rings. The molecule has 0 spiro atoms. The number of nitrogens with one attached hydrogen (secondary N) is 2. The summed E-state index contributed by atoms with van der Waals surface area (Å²) >= 11 is 13.8. The number of aromatic nitrogens is 1. The van der Waals surface area contributed by atoms with E-state index in [1.54, 1.807) is 42.5 Å². The summed E-state index contributed by atoms with van der Waals surface area (Å²) in [6, 6.07) is 26.0. The van der Waals surface area contributed by atoms with Gasteiger partial charge in [-0.1, -0.05) is 47.5 Å². The Morgan fingerprint density at radius 1 is 0.929 bits per heavy atom. The monoisotopic (exact) mass is 616 g/mol. The minimum Gasteiger partial charge on any atom is -0.487 e. The Morgan fingerprint density at radius 3 is 2.33 bits per heavy atom. The molecule has 0 radical (unpaired) electrons. The van der Waals surface area contributed by atoms with Crippen LogP contribution in [0.4, 0.5) is 10.8 Å². The molecule has 1 amide bonds. The normalized spacial score (nSPS) is 10.9. The fraction of sp³-hybridized carbons (Fsp3) is 0.0323. The van der Waals surface area contributed by atoms with Gasteiger partial charge in [-0.05, 0) is 77.9 Å². The number of aromatic carboxylic acids is 1. The fourth-order valence-corrected chi connectivity index (χ4v) is 4.87. The smallest absolute Gasteiger partial charge is 0.335 e. The van der Waals surface area contributed by atoms with Gasteiger partial charge in [-0.2, -0.15) is 5.10 Å². The Morgan fingerprint density at radius 2 is 1.64 bits per heavy atom. The van der Waals surface area contributed by atoms with E-state index < -0.39 is 5.97 Å². The van der Waals surface area contributed by atoms with E-state index in [0.29, 0.717) is 26.9 Å². The highest BCUT2D eigenvalue weighted by Gasteiger charge is 2.09. The molecule has 1 aromatic heterocycles. The summed E-state index contributed by atoms with van der Waals surface area (Å²) in [4.78, 5) is 28.2. The number of carboxylic acid groups (broad SMARTS) is 1. The zero-order chi connectivity index (χ0) is 29.5. The van der Waals surface area contributed by atoms with Gasteiger partial charge in [0.15, 0.2) is 5.13 Å². The van der Waals surface area contributed by atoms with Gasteiger partial charge >= 0.3 is 5.97 Å². The lowest BCUT2D eigenvalue weighted by atomic mass is 10.1. The Bertz CT molecular complexity index is 1740. The average molecular weight is 618 g/mol. The van der Waals surface area contributed by atoms with Crippen LogP contribution in [0, 0.1) is 0 Å². The van der Waals surface area contributed by atoms with E-state index in [4.69, 9.17) is 33.0 Å². The van der Waals surface area contributed by atoms with Crippen LogP contribution in [0.25, 0.3) is 11.3 Å². The standard InChI is InChI=1S/C31H22Cl2N4O4S/c32-24-10-12-25(13-11-24)35-31-36-27(18-42-31)21-6-8-22(9-7-21)29(38)37-34-16-20-3-14-28(26(33)15-20)41-17-19-1-4-23(5-2-19)30(39)40/h1-16,18H,17H2,(H,35,36)(H,37,38)(H,39,40)/b34-16-. The van der Waals surface area contributed by atoms with Crippen LogP contribution in [0.1, 0.15) is 31.8 Å². The number of hydrazone groups is 1. The molecule has 5 rings (SSSR count). The van der Waals surface area contributed by atoms with Crippen molar-refractivity contribution >= 4 is 63.4 Å². The highest BCUT2D eigenvalue weighted by atomic mass is 35.5. The molecule has 8 nitrogen and oxygen atoms in total. The Balaban J connectivity index is 1.13. The number of hydrogen-bond acceptors (Lipinski definition) is 7. The van der Waals surface area contributed by atoms with Gasteiger partial charge in [0.2, 0.25) is 0 Å². The maximum absolute atomic E-state index is 12.6. The van der Waals surface area contributed by atoms with Gasteiger partial charge < -0.3 is 15.2 Å². The van der Waals surface area contributed by atoms with Crippen molar-refractivity contribution < 1.29 is 19.4 Å². The Kier molecular flexibility index (Phi) is 9.13. The van der Waals surface area contributed by atoms with E-state index in [1.165, 1.54) is 29.7 Å². The number of halogens is 2. The van der Waals surface area contributed by atoms with Crippen LogP contribution in [-0.2, 0) is 6.61 Å². The number of carbonyl (C=O) groups excluding carboxylic acids is 1. The first-order valence-electron chi connectivity index (χ1n) is 12.5. The van der Waals surface area contributed by atoms with Crippen LogP contribution < -0.4 is 15.5 Å². The summed E-state index contributed by atoms with van der Waals surface area (Å²) in [6.07, 6.45) is 1.48. The maximum atomic E-state index is 12.6.